The van der Waals surface area contributed by atoms with Crippen molar-refractivity contribution in [3.8, 4) is 0 Å². The van der Waals surface area contributed by atoms with Crippen LogP contribution in [0.3, 0.4) is 0 Å². The van der Waals surface area contributed by atoms with E-state index in [1.807, 2.05) is 48.7 Å². The number of aromatic amines is 1. The van der Waals surface area contributed by atoms with Crippen LogP contribution < -0.4 is 5.73 Å². The van der Waals surface area contributed by atoms with Gasteiger partial charge in [-0.2, -0.15) is 0 Å². The summed E-state index contributed by atoms with van der Waals surface area (Å²) in [6.45, 7) is 0.952. The largest absolute Gasteiger partial charge is 0.361 e. The predicted octanol–water partition coefficient (Wildman–Crippen LogP) is 2.79. The van der Waals surface area contributed by atoms with Gasteiger partial charge >= 0.3 is 0 Å². The topological polar surface area (TPSA) is 79.2 Å². The minimum Gasteiger partial charge on any atom is -0.361 e. The Morgan fingerprint density at radius 1 is 1.07 bits per heavy atom. The summed E-state index contributed by atoms with van der Waals surface area (Å²) in [5.74, 6) is -0.434. The molecule has 0 aliphatic carbocycles. The first-order valence-electron chi connectivity index (χ1n) is 9.33. The number of likely N-dealkylation sites (tertiary alicyclic amines) is 1. The molecule has 1 aromatic heterocycles. The smallest absolute Gasteiger partial charge is 0.233 e. The van der Waals surface area contributed by atoms with Crippen LogP contribution in [0.15, 0.2) is 54.7 Å². The molecule has 2 heterocycles. The van der Waals surface area contributed by atoms with Crippen LogP contribution in [0.25, 0.3) is 10.9 Å². The summed E-state index contributed by atoms with van der Waals surface area (Å²) >= 11 is 0. The summed E-state index contributed by atoms with van der Waals surface area (Å²) in [4.78, 5) is 29.8. The van der Waals surface area contributed by atoms with Crippen molar-refractivity contribution in [3.05, 3.63) is 71.4 Å². The van der Waals surface area contributed by atoms with E-state index < -0.39 is 0 Å². The number of carbonyl (C=O) groups excluding carboxylic acids is 2. The number of H-pyrrole nitrogens is 1. The van der Waals surface area contributed by atoms with E-state index in [-0.39, 0.29) is 24.2 Å². The van der Waals surface area contributed by atoms with Gasteiger partial charge in [-0.25, -0.2) is 0 Å². The number of hydrogen-bond acceptors (Lipinski definition) is 3. The van der Waals surface area contributed by atoms with Crippen molar-refractivity contribution in [1.82, 2.24) is 9.88 Å². The first-order valence-corrected chi connectivity index (χ1v) is 9.33. The van der Waals surface area contributed by atoms with E-state index >= 15 is 0 Å². The molecular weight excluding hydrogens is 338 g/mol. The quantitative estimate of drug-likeness (QED) is 0.663. The van der Waals surface area contributed by atoms with Crippen molar-refractivity contribution in [3.63, 3.8) is 0 Å². The van der Waals surface area contributed by atoms with Crippen molar-refractivity contribution < 1.29 is 9.59 Å². The Bertz CT molecular complexity index is 978. The molecule has 1 aliphatic heterocycles. The van der Waals surface area contributed by atoms with Gasteiger partial charge in [-0.3, -0.25) is 14.5 Å². The van der Waals surface area contributed by atoms with Gasteiger partial charge in [-0.15, -0.1) is 0 Å². The molecule has 1 atom stereocenters. The molecule has 0 radical (unpaired) electrons. The predicted molar refractivity (Wildman–Crippen MR) is 105 cm³/mol. The van der Waals surface area contributed by atoms with Crippen molar-refractivity contribution >= 4 is 22.7 Å². The Kier molecular flexibility index (Phi) is 4.77. The lowest BCUT2D eigenvalue weighted by Gasteiger charge is -2.15. The van der Waals surface area contributed by atoms with Crippen molar-refractivity contribution in [2.45, 2.75) is 25.8 Å². The number of amides is 2. The van der Waals surface area contributed by atoms with Gasteiger partial charge in [-0.05, 0) is 48.2 Å². The molecule has 0 spiro atoms. The number of aromatic nitrogens is 1. The molecule has 27 heavy (non-hydrogen) atoms. The van der Waals surface area contributed by atoms with Crippen LogP contribution in [-0.4, -0.2) is 28.2 Å². The molecule has 2 aromatic carbocycles. The van der Waals surface area contributed by atoms with Crippen LogP contribution in [0, 0.1) is 5.92 Å². The van der Waals surface area contributed by atoms with Gasteiger partial charge in [0.05, 0.1) is 12.5 Å². The highest BCUT2D eigenvalue weighted by Gasteiger charge is 2.38. The van der Waals surface area contributed by atoms with Crippen molar-refractivity contribution in [2.75, 3.05) is 6.54 Å². The second-order valence-corrected chi connectivity index (χ2v) is 7.14. The molecule has 0 saturated carbocycles. The highest BCUT2D eigenvalue weighted by molar-refractivity contribution is 6.03. The average Bonchev–Trinajstić information content (AvgIpc) is 3.19. The number of fused-ring (bicyclic) bond motifs is 1. The van der Waals surface area contributed by atoms with Gasteiger partial charge in [0.2, 0.25) is 11.8 Å². The fourth-order valence-corrected chi connectivity index (χ4v) is 3.84. The molecule has 5 heteroatoms. The first-order chi connectivity index (χ1) is 13.2. The van der Waals surface area contributed by atoms with E-state index in [2.05, 4.69) is 11.1 Å². The molecule has 1 aliphatic rings. The summed E-state index contributed by atoms with van der Waals surface area (Å²) in [6.07, 6.45) is 3.67. The highest BCUT2D eigenvalue weighted by atomic mass is 16.2. The normalized spacial score (nSPS) is 17.2. The zero-order chi connectivity index (χ0) is 18.8. The van der Waals surface area contributed by atoms with Crippen LogP contribution in [0.1, 0.15) is 23.1 Å². The van der Waals surface area contributed by atoms with E-state index in [0.29, 0.717) is 19.5 Å². The number of hydrogen-bond donors (Lipinski definition) is 2. The van der Waals surface area contributed by atoms with Crippen LogP contribution in [-0.2, 0) is 29.0 Å². The zero-order valence-electron chi connectivity index (χ0n) is 15.2. The summed E-state index contributed by atoms with van der Waals surface area (Å²) in [5.41, 5.74) is 10.0. The van der Waals surface area contributed by atoms with Crippen LogP contribution in [0.5, 0.6) is 0 Å². The molecule has 5 nitrogen and oxygen atoms in total. The van der Waals surface area contributed by atoms with Gasteiger partial charge in [0.15, 0.2) is 0 Å². The first kappa shape index (κ1) is 17.5. The Balaban J connectivity index is 1.51. The monoisotopic (exact) mass is 361 g/mol. The minimum atomic E-state index is -0.282. The van der Waals surface area contributed by atoms with Gasteiger partial charge in [0, 0.05) is 23.5 Å². The summed E-state index contributed by atoms with van der Waals surface area (Å²) in [5, 5.41) is 1.15. The summed E-state index contributed by atoms with van der Waals surface area (Å²) in [7, 11) is 0. The fraction of sp³-hybridized carbons (Fsp3) is 0.273. The Hall–Kier alpha value is -2.92. The molecule has 4 rings (SSSR count). The van der Waals surface area contributed by atoms with Gasteiger partial charge in [0.1, 0.15) is 0 Å². The average molecular weight is 361 g/mol. The van der Waals surface area contributed by atoms with Crippen molar-refractivity contribution in [2.24, 2.45) is 11.7 Å². The van der Waals surface area contributed by atoms with Crippen LogP contribution in [0.4, 0.5) is 0 Å². The molecular formula is C22H23N3O2. The number of nitrogens with two attached hydrogens (primary N) is 1. The van der Waals surface area contributed by atoms with Crippen LogP contribution in [0.2, 0.25) is 0 Å². The lowest BCUT2D eigenvalue weighted by atomic mass is 9.96. The molecule has 3 aromatic rings. The van der Waals surface area contributed by atoms with Gasteiger partial charge < -0.3 is 10.7 Å². The molecule has 1 fully saturated rings. The third kappa shape index (κ3) is 3.51. The fourth-order valence-electron chi connectivity index (χ4n) is 3.84. The number of carbonyl (C=O) groups is 2. The number of rotatable bonds is 6. The summed E-state index contributed by atoms with van der Waals surface area (Å²) in [6, 6.07) is 15.8. The molecule has 1 unspecified atom stereocenters. The number of nitrogens with one attached hydrogen (secondary N) is 1. The maximum Gasteiger partial charge on any atom is 0.233 e. The van der Waals surface area contributed by atoms with Crippen molar-refractivity contribution in [1.29, 1.82) is 0 Å². The number of nitrogens with zero attached hydrogens (tertiary/aromatic N) is 1. The van der Waals surface area contributed by atoms with Gasteiger partial charge in [-0.1, -0.05) is 36.4 Å². The number of benzene rings is 2. The molecule has 1 saturated heterocycles. The Labute approximate surface area is 158 Å². The van der Waals surface area contributed by atoms with E-state index in [9.17, 15) is 9.59 Å². The van der Waals surface area contributed by atoms with E-state index in [1.165, 1.54) is 10.5 Å². The second kappa shape index (κ2) is 7.37. The molecule has 3 N–H and O–H groups in total. The van der Waals surface area contributed by atoms with E-state index in [4.69, 9.17) is 5.73 Å². The molecule has 0 bridgehead atoms. The maximum absolute atomic E-state index is 12.8. The van der Waals surface area contributed by atoms with Crippen LogP contribution >= 0.6 is 0 Å². The maximum atomic E-state index is 12.8. The Morgan fingerprint density at radius 3 is 2.67 bits per heavy atom. The third-order valence-electron chi connectivity index (χ3n) is 5.25. The molecule has 2 amide bonds. The van der Waals surface area contributed by atoms with Gasteiger partial charge in [0.25, 0.3) is 0 Å². The Morgan fingerprint density at radius 2 is 1.89 bits per heavy atom. The minimum absolute atomic E-state index is 0.0693. The van der Waals surface area contributed by atoms with E-state index in [1.54, 1.807) is 0 Å². The lowest BCUT2D eigenvalue weighted by molar-refractivity contribution is -0.140. The SMILES string of the molecule is NCCc1c[nH]c2ccc(CC3CC(=O)N(Cc4ccccc4)C3=O)cc12. The zero-order valence-corrected chi connectivity index (χ0v) is 15.2. The second-order valence-electron chi connectivity index (χ2n) is 7.14. The molecule has 138 valence electrons. The highest BCUT2D eigenvalue weighted by Crippen LogP contribution is 2.27. The van der Waals surface area contributed by atoms with E-state index in [0.717, 1.165) is 28.5 Å². The number of imide groups is 1. The summed E-state index contributed by atoms with van der Waals surface area (Å²) < 4.78 is 0. The third-order valence-corrected chi connectivity index (χ3v) is 5.25. The lowest BCUT2D eigenvalue weighted by Crippen LogP contribution is -2.30. The standard InChI is InChI=1S/C22H23N3O2/c23-9-8-17-13-24-20-7-6-16(11-19(17)20)10-18-12-21(26)25(22(18)27)14-15-4-2-1-3-5-15/h1-7,11,13,18,24H,8-10,12,14,23H2.